The summed E-state index contributed by atoms with van der Waals surface area (Å²) in [6, 6.07) is 4.80. The monoisotopic (exact) mass is 467 g/mol. The van der Waals surface area contributed by atoms with Gasteiger partial charge >= 0.3 is 0 Å². The van der Waals surface area contributed by atoms with E-state index in [9.17, 15) is 23.1 Å². The Balaban J connectivity index is 1.94. The van der Waals surface area contributed by atoms with E-state index >= 15 is 0 Å². The Labute approximate surface area is 189 Å². The van der Waals surface area contributed by atoms with Gasteiger partial charge < -0.3 is 20.1 Å². The van der Waals surface area contributed by atoms with Crippen molar-refractivity contribution >= 4 is 27.5 Å². The van der Waals surface area contributed by atoms with E-state index in [0.717, 1.165) is 19.1 Å². The zero-order chi connectivity index (χ0) is 23.6. The maximum absolute atomic E-state index is 13.1. The minimum atomic E-state index is -3.42. The van der Waals surface area contributed by atoms with Crippen LogP contribution in [0.3, 0.4) is 0 Å². The van der Waals surface area contributed by atoms with Gasteiger partial charge in [-0.05, 0) is 38.0 Å². The second-order valence-electron chi connectivity index (χ2n) is 9.02. The molecule has 0 radical (unpaired) electrons. The molecule has 2 N–H and O–H groups in total. The van der Waals surface area contributed by atoms with Crippen LogP contribution in [0.25, 0.3) is 0 Å². The van der Waals surface area contributed by atoms with Crippen LogP contribution in [0.2, 0.25) is 0 Å². The summed E-state index contributed by atoms with van der Waals surface area (Å²) in [5.41, 5.74) is 1.20. The number of aliphatic hydroxyl groups excluding tert-OH is 1. The zero-order valence-electron chi connectivity index (χ0n) is 19.1. The fourth-order valence-electron chi connectivity index (χ4n) is 3.70. The summed E-state index contributed by atoms with van der Waals surface area (Å²) >= 11 is 0. The number of hydrogen-bond donors (Lipinski definition) is 2. The van der Waals surface area contributed by atoms with Crippen LogP contribution in [0.5, 0.6) is 5.75 Å². The summed E-state index contributed by atoms with van der Waals surface area (Å²) in [6.45, 7) is 3.93. The van der Waals surface area contributed by atoms with Gasteiger partial charge in [0.25, 0.3) is 0 Å². The molecular weight excluding hydrogens is 434 g/mol. The summed E-state index contributed by atoms with van der Waals surface area (Å²) < 4.78 is 31.5. The smallest absolute Gasteiger partial charge is 0.227 e. The van der Waals surface area contributed by atoms with Crippen molar-refractivity contribution in [2.75, 3.05) is 38.3 Å². The number of nitrogens with zero attached hydrogens (tertiary/aromatic N) is 2. The summed E-state index contributed by atoms with van der Waals surface area (Å²) in [4.78, 5) is 26.9. The molecule has 0 aromatic heterocycles. The molecule has 1 aliphatic heterocycles. The lowest BCUT2D eigenvalue weighted by atomic mass is 10.0. The average molecular weight is 468 g/mol. The number of carbonyl (C=O) groups is 2. The number of hydrogen-bond acceptors (Lipinski definition) is 6. The first-order valence-electron chi connectivity index (χ1n) is 10.9. The van der Waals surface area contributed by atoms with Crippen LogP contribution < -0.4 is 10.1 Å². The molecule has 1 aromatic rings. The van der Waals surface area contributed by atoms with Crippen molar-refractivity contribution in [3.63, 3.8) is 0 Å². The molecule has 1 heterocycles. The average Bonchev–Trinajstić information content (AvgIpc) is 3.56. The van der Waals surface area contributed by atoms with Crippen molar-refractivity contribution in [2.24, 2.45) is 11.8 Å². The first kappa shape index (κ1) is 24.5. The number of sulfonamides is 1. The molecule has 3 atom stereocenters. The highest BCUT2D eigenvalue weighted by Gasteiger charge is 2.33. The molecule has 9 nitrogen and oxygen atoms in total. The van der Waals surface area contributed by atoms with Crippen molar-refractivity contribution in [1.29, 1.82) is 0 Å². The number of fused-ring (bicyclic) bond motifs is 1. The normalized spacial score (nSPS) is 22.9. The van der Waals surface area contributed by atoms with E-state index in [-0.39, 0.29) is 43.2 Å². The molecule has 1 aromatic carbocycles. The van der Waals surface area contributed by atoms with Crippen molar-refractivity contribution < 1.29 is 27.9 Å². The van der Waals surface area contributed by atoms with Crippen LogP contribution >= 0.6 is 0 Å². The Morgan fingerprint density at radius 1 is 1.38 bits per heavy atom. The summed E-state index contributed by atoms with van der Waals surface area (Å²) in [7, 11) is -1.92. The van der Waals surface area contributed by atoms with Crippen LogP contribution in [-0.2, 0) is 26.0 Å². The van der Waals surface area contributed by atoms with Gasteiger partial charge in [0, 0.05) is 36.7 Å². The van der Waals surface area contributed by atoms with Gasteiger partial charge in [-0.25, -0.2) is 12.7 Å². The van der Waals surface area contributed by atoms with Crippen LogP contribution in [0, 0.1) is 11.8 Å². The highest BCUT2D eigenvalue weighted by atomic mass is 32.2. The minimum absolute atomic E-state index is 0.0305. The molecule has 0 saturated heterocycles. The van der Waals surface area contributed by atoms with Crippen LogP contribution in [0.4, 0.5) is 5.69 Å². The molecule has 2 aliphatic rings. The molecule has 0 spiro atoms. The number of aliphatic hydroxyl groups is 1. The van der Waals surface area contributed by atoms with E-state index in [1.54, 1.807) is 30.0 Å². The second-order valence-corrected chi connectivity index (χ2v) is 11.1. The van der Waals surface area contributed by atoms with E-state index in [2.05, 4.69) is 5.32 Å². The highest BCUT2D eigenvalue weighted by molar-refractivity contribution is 7.88. The predicted octanol–water partition coefficient (Wildman–Crippen LogP) is 1.08. The molecule has 10 heteroatoms. The molecule has 0 bridgehead atoms. The van der Waals surface area contributed by atoms with Gasteiger partial charge in [-0.3, -0.25) is 9.59 Å². The number of anilines is 1. The highest BCUT2D eigenvalue weighted by Crippen LogP contribution is 2.32. The molecule has 1 fully saturated rings. The number of nitrogens with one attached hydrogen (secondary N) is 1. The fraction of sp³-hybridized carbons (Fsp3) is 0.636. The number of likely N-dealkylation sites (N-methyl/N-ethyl adjacent to an activating group) is 1. The van der Waals surface area contributed by atoms with Gasteiger partial charge in [0.15, 0.2) is 0 Å². The Morgan fingerprint density at radius 3 is 2.66 bits per heavy atom. The largest absolute Gasteiger partial charge is 0.488 e. The van der Waals surface area contributed by atoms with E-state index in [0.29, 0.717) is 23.5 Å². The topological polar surface area (TPSA) is 116 Å². The molecular formula is C22H33N3O6S. The van der Waals surface area contributed by atoms with Gasteiger partial charge in [0.1, 0.15) is 11.9 Å². The molecule has 2 amide bonds. The van der Waals surface area contributed by atoms with Crippen LogP contribution in [0.15, 0.2) is 18.2 Å². The second kappa shape index (κ2) is 9.76. The SMILES string of the molecule is C[C@@H]1CN([C@H](C)CO)C(=O)Cc2cc(NC(=O)C3CC3)ccc2O[C@@H]1CN(C)S(C)(=O)=O. The van der Waals surface area contributed by atoms with Gasteiger partial charge in [-0.1, -0.05) is 6.92 Å². The van der Waals surface area contributed by atoms with Gasteiger partial charge in [-0.2, -0.15) is 0 Å². The van der Waals surface area contributed by atoms with Crippen molar-refractivity contribution in [1.82, 2.24) is 9.21 Å². The summed E-state index contributed by atoms with van der Waals surface area (Å²) in [5.74, 6) is 0.149. The third-order valence-electron chi connectivity index (χ3n) is 6.14. The Bertz CT molecular complexity index is 962. The van der Waals surface area contributed by atoms with E-state index in [4.69, 9.17) is 4.74 Å². The van der Waals surface area contributed by atoms with Crippen molar-refractivity contribution in [3.8, 4) is 5.75 Å². The molecule has 1 saturated carbocycles. The number of amides is 2. The maximum Gasteiger partial charge on any atom is 0.227 e. The molecule has 1 aliphatic carbocycles. The lowest BCUT2D eigenvalue weighted by Crippen LogP contribution is -2.48. The Hall–Kier alpha value is -2.17. The molecule has 0 unspecified atom stereocenters. The Kier molecular flexibility index (Phi) is 7.46. The van der Waals surface area contributed by atoms with Crippen molar-refractivity contribution in [3.05, 3.63) is 23.8 Å². The van der Waals surface area contributed by atoms with E-state index in [1.165, 1.54) is 11.4 Å². The minimum Gasteiger partial charge on any atom is -0.488 e. The lowest BCUT2D eigenvalue weighted by Gasteiger charge is -2.33. The summed E-state index contributed by atoms with van der Waals surface area (Å²) in [6.07, 6.45) is 2.45. The van der Waals surface area contributed by atoms with E-state index < -0.39 is 22.2 Å². The molecule has 32 heavy (non-hydrogen) atoms. The van der Waals surface area contributed by atoms with Gasteiger partial charge in [0.2, 0.25) is 21.8 Å². The first-order valence-corrected chi connectivity index (χ1v) is 12.8. The standard InChI is InChI=1S/C22H33N3O6S/c1-14-11-25(15(2)13-26)21(27)10-17-9-18(23-22(28)16-5-6-16)7-8-19(17)31-20(14)12-24(3)32(4,29)30/h7-9,14-16,20,26H,5-6,10-13H2,1-4H3,(H,23,28)/t14-,15-,20-/m1/s1. The zero-order valence-corrected chi connectivity index (χ0v) is 19.9. The first-order chi connectivity index (χ1) is 15.0. The van der Waals surface area contributed by atoms with Gasteiger partial charge in [0.05, 0.1) is 31.9 Å². The summed E-state index contributed by atoms with van der Waals surface area (Å²) in [5, 5.41) is 12.6. The number of ether oxygens (including phenoxy) is 1. The van der Waals surface area contributed by atoms with Gasteiger partial charge in [-0.15, -0.1) is 0 Å². The number of benzene rings is 1. The molecule has 178 valence electrons. The number of rotatable bonds is 7. The third kappa shape index (κ3) is 5.99. The molecule has 3 rings (SSSR count). The Morgan fingerprint density at radius 2 is 2.06 bits per heavy atom. The lowest BCUT2D eigenvalue weighted by molar-refractivity contribution is -0.134. The van der Waals surface area contributed by atoms with Crippen LogP contribution in [0.1, 0.15) is 32.3 Å². The fourth-order valence-corrected chi connectivity index (χ4v) is 4.12. The van der Waals surface area contributed by atoms with Crippen molar-refractivity contribution in [2.45, 2.75) is 45.3 Å². The van der Waals surface area contributed by atoms with E-state index in [1.807, 2.05) is 6.92 Å². The quantitative estimate of drug-likeness (QED) is 0.620. The number of carbonyl (C=O) groups excluding carboxylic acids is 2. The van der Waals surface area contributed by atoms with Crippen LogP contribution in [-0.4, -0.2) is 79.7 Å². The predicted molar refractivity (Wildman–Crippen MR) is 121 cm³/mol. The maximum atomic E-state index is 13.1. The third-order valence-corrected chi connectivity index (χ3v) is 7.42.